The van der Waals surface area contributed by atoms with Crippen molar-refractivity contribution in [1.82, 2.24) is 9.97 Å². The highest BCUT2D eigenvalue weighted by molar-refractivity contribution is 5.91. The molecule has 6 heteroatoms. The fraction of sp³-hybridized carbons (Fsp3) is 0.333. The predicted molar refractivity (Wildman–Crippen MR) is 105 cm³/mol. The Morgan fingerprint density at radius 2 is 1.78 bits per heavy atom. The summed E-state index contributed by atoms with van der Waals surface area (Å²) in [7, 11) is 1.53. The van der Waals surface area contributed by atoms with Gasteiger partial charge in [0.15, 0.2) is 17.3 Å². The van der Waals surface area contributed by atoms with Gasteiger partial charge in [0, 0.05) is 18.5 Å². The zero-order chi connectivity index (χ0) is 19.0. The number of anilines is 1. The maximum atomic E-state index is 10.6. The number of benzene rings is 2. The van der Waals surface area contributed by atoms with Crippen LogP contribution in [0.2, 0.25) is 0 Å². The summed E-state index contributed by atoms with van der Waals surface area (Å²) in [4.78, 5) is 11.8. The number of nitrogens with zero attached hydrogens (tertiary/aromatic N) is 3. The van der Waals surface area contributed by atoms with Crippen LogP contribution >= 0.6 is 0 Å². The summed E-state index contributed by atoms with van der Waals surface area (Å²) in [6.07, 6.45) is 0.243. The SMILES string of the molecule is COc1cccc(-c2nc(N3C[C@@H](C)O[C@@H](C)C3)c3ccccc3n2)c1O. The van der Waals surface area contributed by atoms with E-state index in [0.29, 0.717) is 17.1 Å². The molecule has 0 bridgehead atoms. The fourth-order valence-electron chi connectivity index (χ4n) is 3.64. The molecule has 0 saturated carbocycles. The van der Waals surface area contributed by atoms with Gasteiger partial charge in [-0.05, 0) is 38.1 Å². The van der Waals surface area contributed by atoms with Crippen LogP contribution in [-0.4, -0.2) is 47.5 Å². The number of phenolic OH excluding ortho intramolecular Hbond substituents is 1. The van der Waals surface area contributed by atoms with E-state index in [0.717, 1.165) is 29.8 Å². The van der Waals surface area contributed by atoms with Gasteiger partial charge in [-0.1, -0.05) is 18.2 Å². The van der Waals surface area contributed by atoms with Gasteiger partial charge in [0.2, 0.25) is 0 Å². The summed E-state index contributed by atoms with van der Waals surface area (Å²) in [5.74, 6) is 1.79. The van der Waals surface area contributed by atoms with E-state index in [2.05, 4.69) is 18.7 Å². The number of hydrogen-bond acceptors (Lipinski definition) is 6. The fourth-order valence-corrected chi connectivity index (χ4v) is 3.64. The van der Waals surface area contributed by atoms with Crippen molar-refractivity contribution in [3.63, 3.8) is 0 Å². The standard InChI is InChI=1S/C21H23N3O3/c1-13-11-24(12-14(2)27-13)21-15-7-4-5-9-17(15)22-20(23-21)16-8-6-10-18(26-3)19(16)25/h4-10,13-14,25H,11-12H2,1-3H3/t13-,14+. The van der Waals surface area contributed by atoms with Crippen LogP contribution in [0.4, 0.5) is 5.82 Å². The van der Waals surface area contributed by atoms with E-state index in [1.165, 1.54) is 7.11 Å². The third-order valence-corrected chi connectivity index (χ3v) is 4.76. The Labute approximate surface area is 158 Å². The van der Waals surface area contributed by atoms with Crippen LogP contribution in [-0.2, 0) is 4.74 Å². The minimum Gasteiger partial charge on any atom is -0.504 e. The van der Waals surface area contributed by atoms with Crippen LogP contribution in [0.1, 0.15) is 13.8 Å². The van der Waals surface area contributed by atoms with Crippen LogP contribution in [0.3, 0.4) is 0 Å². The summed E-state index contributed by atoms with van der Waals surface area (Å²) in [5.41, 5.74) is 1.39. The monoisotopic (exact) mass is 365 g/mol. The minimum absolute atomic E-state index is 0.0462. The Hall–Kier alpha value is -2.86. The molecule has 27 heavy (non-hydrogen) atoms. The van der Waals surface area contributed by atoms with Gasteiger partial charge in [0.25, 0.3) is 0 Å². The lowest BCUT2D eigenvalue weighted by Crippen LogP contribution is -2.46. The smallest absolute Gasteiger partial charge is 0.168 e. The Morgan fingerprint density at radius 3 is 2.52 bits per heavy atom. The third-order valence-electron chi connectivity index (χ3n) is 4.76. The highest BCUT2D eigenvalue weighted by Gasteiger charge is 2.26. The first-order valence-electron chi connectivity index (χ1n) is 9.10. The summed E-state index contributed by atoms with van der Waals surface area (Å²) in [5, 5.41) is 11.6. The van der Waals surface area contributed by atoms with Crippen molar-refractivity contribution < 1.29 is 14.6 Å². The van der Waals surface area contributed by atoms with Crippen LogP contribution in [0.25, 0.3) is 22.3 Å². The van der Waals surface area contributed by atoms with Crippen LogP contribution in [0, 0.1) is 0 Å². The van der Waals surface area contributed by atoms with Crippen molar-refractivity contribution in [3.05, 3.63) is 42.5 Å². The Balaban J connectivity index is 1.89. The molecule has 1 aliphatic heterocycles. The molecule has 1 fully saturated rings. The molecular weight excluding hydrogens is 342 g/mol. The first kappa shape index (κ1) is 17.5. The molecular formula is C21H23N3O3. The molecule has 1 aliphatic rings. The lowest BCUT2D eigenvalue weighted by Gasteiger charge is -2.36. The largest absolute Gasteiger partial charge is 0.504 e. The number of phenols is 1. The Bertz CT molecular complexity index is 966. The van der Waals surface area contributed by atoms with Gasteiger partial charge in [-0.2, -0.15) is 0 Å². The highest BCUT2D eigenvalue weighted by Crippen LogP contribution is 2.37. The molecule has 1 aromatic heterocycles. The molecule has 140 valence electrons. The molecule has 6 nitrogen and oxygen atoms in total. The van der Waals surface area contributed by atoms with E-state index >= 15 is 0 Å². The van der Waals surface area contributed by atoms with E-state index < -0.39 is 0 Å². The lowest BCUT2D eigenvalue weighted by molar-refractivity contribution is -0.00536. The quantitative estimate of drug-likeness (QED) is 0.765. The van der Waals surface area contributed by atoms with Gasteiger partial charge in [-0.25, -0.2) is 9.97 Å². The molecule has 3 aromatic rings. The molecule has 2 heterocycles. The number of hydrogen-bond donors (Lipinski definition) is 1. The molecule has 2 atom stereocenters. The van der Waals surface area contributed by atoms with Gasteiger partial charge in [-0.15, -0.1) is 0 Å². The molecule has 1 saturated heterocycles. The number of aromatic hydroxyl groups is 1. The Kier molecular flexibility index (Phi) is 4.58. The van der Waals surface area contributed by atoms with E-state index in [-0.39, 0.29) is 18.0 Å². The minimum atomic E-state index is 0.0462. The zero-order valence-electron chi connectivity index (χ0n) is 15.7. The average molecular weight is 365 g/mol. The first-order chi connectivity index (χ1) is 13.1. The summed E-state index contributed by atoms with van der Waals surface area (Å²) >= 11 is 0. The second-order valence-electron chi connectivity index (χ2n) is 6.91. The lowest BCUT2D eigenvalue weighted by atomic mass is 10.1. The second kappa shape index (κ2) is 7.04. The van der Waals surface area contributed by atoms with Crippen LogP contribution in [0.15, 0.2) is 42.5 Å². The molecule has 2 aromatic carbocycles. The van der Waals surface area contributed by atoms with Crippen molar-refractivity contribution >= 4 is 16.7 Å². The number of para-hydroxylation sites is 2. The van der Waals surface area contributed by atoms with Crippen molar-refractivity contribution in [3.8, 4) is 22.9 Å². The molecule has 4 rings (SSSR count). The van der Waals surface area contributed by atoms with E-state index in [4.69, 9.17) is 19.4 Å². The van der Waals surface area contributed by atoms with Gasteiger partial charge in [0.05, 0.1) is 30.4 Å². The maximum Gasteiger partial charge on any atom is 0.168 e. The second-order valence-corrected chi connectivity index (χ2v) is 6.91. The van der Waals surface area contributed by atoms with E-state index in [1.807, 2.05) is 30.3 Å². The molecule has 0 radical (unpaired) electrons. The number of ether oxygens (including phenoxy) is 2. The van der Waals surface area contributed by atoms with Gasteiger partial charge < -0.3 is 19.5 Å². The average Bonchev–Trinajstić information content (AvgIpc) is 2.66. The third kappa shape index (κ3) is 3.28. The van der Waals surface area contributed by atoms with Gasteiger partial charge in [-0.3, -0.25) is 0 Å². The number of methoxy groups -OCH3 is 1. The van der Waals surface area contributed by atoms with Crippen molar-refractivity contribution in [2.24, 2.45) is 0 Å². The van der Waals surface area contributed by atoms with Crippen LogP contribution in [0.5, 0.6) is 11.5 Å². The molecule has 0 unspecified atom stereocenters. The molecule has 0 spiro atoms. The number of aromatic nitrogens is 2. The molecule has 0 aliphatic carbocycles. The zero-order valence-corrected chi connectivity index (χ0v) is 15.7. The van der Waals surface area contributed by atoms with Crippen molar-refractivity contribution in [2.75, 3.05) is 25.1 Å². The molecule has 1 N–H and O–H groups in total. The highest BCUT2D eigenvalue weighted by atomic mass is 16.5. The van der Waals surface area contributed by atoms with Crippen LogP contribution < -0.4 is 9.64 Å². The van der Waals surface area contributed by atoms with Gasteiger partial charge in [0.1, 0.15) is 5.82 Å². The summed E-state index contributed by atoms with van der Waals surface area (Å²) in [6.45, 7) is 5.66. The summed E-state index contributed by atoms with van der Waals surface area (Å²) < 4.78 is 11.1. The predicted octanol–water partition coefficient (Wildman–Crippen LogP) is 3.62. The van der Waals surface area contributed by atoms with E-state index in [9.17, 15) is 5.11 Å². The van der Waals surface area contributed by atoms with Crippen molar-refractivity contribution in [2.45, 2.75) is 26.1 Å². The molecule has 0 amide bonds. The van der Waals surface area contributed by atoms with Crippen molar-refractivity contribution in [1.29, 1.82) is 0 Å². The summed E-state index contributed by atoms with van der Waals surface area (Å²) in [6, 6.07) is 13.3. The first-order valence-corrected chi connectivity index (χ1v) is 9.10. The number of fused-ring (bicyclic) bond motifs is 1. The van der Waals surface area contributed by atoms with Gasteiger partial charge >= 0.3 is 0 Å². The number of rotatable bonds is 3. The normalized spacial score (nSPS) is 20.0. The Morgan fingerprint density at radius 1 is 1.04 bits per heavy atom. The van der Waals surface area contributed by atoms with E-state index in [1.54, 1.807) is 12.1 Å². The topological polar surface area (TPSA) is 67.7 Å². The maximum absolute atomic E-state index is 10.6. The number of morpholine rings is 1.